The summed E-state index contributed by atoms with van der Waals surface area (Å²) in [5.41, 5.74) is 0.524. The Bertz CT molecular complexity index is 618. The van der Waals surface area contributed by atoms with E-state index < -0.39 is 0 Å². The third-order valence-corrected chi connectivity index (χ3v) is 4.94. The number of carbonyl (C=O) groups is 2. The van der Waals surface area contributed by atoms with E-state index in [-0.39, 0.29) is 30.4 Å². The zero-order chi connectivity index (χ0) is 18.4. The molecule has 0 heterocycles. The van der Waals surface area contributed by atoms with Crippen LogP contribution in [0.15, 0.2) is 18.2 Å². The Morgan fingerprint density at radius 1 is 1.36 bits per heavy atom. The minimum absolute atomic E-state index is 0.00228. The Labute approximate surface area is 153 Å². The molecule has 7 heteroatoms. The zero-order valence-corrected chi connectivity index (χ0v) is 15.8. The van der Waals surface area contributed by atoms with Crippen LogP contribution in [0.2, 0.25) is 5.02 Å². The van der Waals surface area contributed by atoms with Crippen LogP contribution in [0.25, 0.3) is 0 Å². The molecule has 138 valence electrons. The first-order valence-electron chi connectivity index (χ1n) is 8.66. The number of rotatable bonds is 7. The maximum atomic E-state index is 12.3. The number of ether oxygens (including phenoxy) is 1. The minimum atomic E-state index is -0.299. The van der Waals surface area contributed by atoms with Crippen LogP contribution >= 0.6 is 11.6 Å². The number of carbonyl (C=O) groups excluding carboxylic acids is 2. The summed E-state index contributed by atoms with van der Waals surface area (Å²) in [5, 5.41) is 6.39. The molecule has 0 radical (unpaired) electrons. The molecule has 0 bridgehead atoms. The first-order chi connectivity index (χ1) is 11.9. The van der Waals surface area contributed by atoms with Crippen LogP contribution in [0.3, 0.4) is 0 Å². The first-order valence-corrected chi connectivity index (χ1v) is 9.04. The summed E-state index contributed by atoms with van der Waals surface area (Å²) in [7, 11) is 3.37. The summed E-state index contributed by atoms with van der Waals surface area (Å²) >= 11 is 5.97. The van der Waals surface area contributed by atoms with Crippen LogP contribution < -0.4 is 20.3 Å². The van der Waals surface area contributed by atoms with Gasteiger partial charge in [-0.2, -0.15) is 0 Å². The lowest BCUT2D eigenvalue weighted by Gasteiger charge is -2.22. The summed E-state index contributed by atoms with van der Waals surface area (Å²) in [5.74, 6) is 0.346. The summed E-state index contributed by atoms with van der Waals surface area (Å²) < 4.78 is 5.22. The number of nitrogens with one attached hydrogen (secondary N) is 3. The molecule has 25 heavy (non-hydrogen) atoms. The zero-order valence-electron chi connectivity index (χ0n) is 15.0. The second-order valence-corrected chi connectivity index (χ2v) is 7.06. The van der Waals surface area contributed by atoms with Gasteiger partial charge in [0.25, 0.3) is 11.8 Å². The molecular formula is C18H27ClN3O3+. The lowest BCUT2D eigenvalue weighted by atomic mass is 10.2. The minimum Gasteiger partial charge on any atom is -0.495 e. The average Bonchev–Trinajstić information content (AvgIpc) is 3.07. The highest BCUT2D eigenvalue weighted by atomic mass is 35.5. The summed E-state index contributed by atoms with van der Waals surface area (Å²) in [4.78, 5) is 25.5. The molecule has 0 saturated heterocycles. The van der Waals surface area contributed by atoms with E-state index in [2.05, 4.69) is 10.6 Å². The summed E-state index contributed by atoms with van der Waals surface area (Å²) in [6.07, 6.45) is 4.44. The van der Waals surface area contributed by atoms with Crippen molar-refractivity contribution in [3.05, 3.63) is 23.2 Å². The van der Waals surface area contributed by atoms with Gasteiger partial charge in [-0.25, -0.2) is 0 Å². The Balaban J connectivity index is 1.88. The maximum Gasteiger partial charge on any atom is 0.279 e. The second-order valence-electron chi connectivity index (χ2n) is 6.63. The van der Waals surface area contributed by atoms with Crippen molar-refractivity contribution >= 4 is 29.1 Å². The lowest BCUT2D eigenvalue weighted by Crippen LogP contribution is -3.15. The molecule has 1 aromatic carbocycles. The van der Waals surface area contributed by atoms with Gasteiger partial charge >= 0.3 is 0 Å². The molecule has 1 aliphatic carbocycles. The molecule has 1 aliphatic rings. The van der Waals surface area contributed by atoms with Gasteiger partial charge in [-0.3, -0.25) is 9.59 Å². The van der Waals surface area contributed by atoms with E-state index >= 15 is 0 Å². The molecule has 0 spiro atoms. The van der Waals surface area contributed by atoms with Gasteiger partial charge in [0.05, 0.1) is 19.8 Å². The van der Waals surface area contributed by atoms with Gasteiger partial charge in [0.1, 0.15) is 5.75 Å². The topological polar surface area (TPSA) is 71.9 Å². The van der Waals surface area contributed by atoms with Crippen molar-refractivity contribution in [3.8, 4) is 5.75 Å². The van der Waals surface area contributed by atoms with Gasteiger partial charge < -0.3 is 20.3 Å². The number of methoxy groups -OCH3 is 1. The van der Waals surface area contributed by atoms with E-state index in [9.17, 15) is 9.59 Å². The molecule has 1 aromatic rings. The molecule has 1 unspecified atom stereocenters. The number of quaternary nitrogens is 1. The molecular weight excluding hydrogens is 342 g/mol. The predicted octanol–water partition coefficient (Wildman–Crippen LogP) is 1.25. The fraction of sp³-hybridized carbons (Fsp3) is 0.556. The van der Waals surface area contributed by atoms with E-state index in [0.717, 1.165) is 17.7 Å². The van der Waals surface area contributed by atoms with E-state index in [1.807, 2.05) is 14.0 Å². The van der Waals surface area contributed by atoms with Crippen LogP contribution in [0.5, 0.6) is 5.75 Å². The quantitative estimate of drug-likeness (QED) is 0.678. The molecule has 2 atom stereocenters. The summed E-state index contributed by atoms with van der Waals surface area (Å²) in [6, 6.07) is 5.03. The molecule has 3 N–H and O–H groups in total. The van der Waals surface area contributed by atoms with Crippen molar-refractivity contribution < 1.29 is 19.2 Å². The molecule has 2 rings (SSSR count). The molecule has 0 aliphatic heterocycles. The Hall–Kier alpha value is -1.79. The van der Waals surface area contributed by atoms with Gasteiger partial charge in [-0.15, -0.1) is 0 Å². The Kier molecular flexibility index (Phi) is 7.08. The predicted molar refractivity (Wildman–Crippen MR) is 98.2 cm³/mol. The van der Waals surface area contributed by atoms with Crippen LogP contribution in [0, 0.1) is 0 Å². The lowest BCUT2D eigenvalue weighted by molar-refractivity contribution is -0.885. The normalized spacial score (nSPS) is 17.0. The number of amides is 2. The summed E-state index contributed by atoms with van der Waals surface area (Å²) in [6.45, 7) is 2.02. The van der Waals surface area contributed by atoms with E-state index in [4.69, 9.17) is 16.3 Å². The van der Waals surface area contributed by atoms with Crippen LogP contribution in [-0.4, -0.2) is 44.6 Å². The van der Waals surface area contributed by atoms with Crippen molar-refractivity contribution in [2.45, 2.75) is 44.7 Å². The van der Waals surface area contributed by atoms with Crippen LogP contribution in [0.1, 0.15) is 32.6 Å². The number of anilines is 1. The standard InChI is InChI=1S/C18H26ClN3O3/c1-12(18(24)20-14-6-4-5-7-14)22(2)11-17(23)21-15-10-13(19)8-9-16(15)25-3/h8-10,12,14H,4-7,11H2,1-3H3,(H,20,24)(H,21,23)/p+1/t12-/m1/s1. The van der Waals surface area contributed by atoms with Crippen molar-refractivity contribution in [1.29, 1.82) is 0 Å². The van der Waals surface area contributed by atoms with Gasteiger partial charge in [0.2, 0.25) is 0 Å². The maximum absolute atomic E-state index is 12.3. The third-order valence-electron chi connectivity index (χ3n) is 4.71. The molecule has 2 amide bonds. The Morgan fingerprint density at radius 3 is 2.68 bits per heavy atom. The number of likely N-dealkylation sites (N-methyl/N-ethyl adjacent to an activating group) is 1. The Morgan fingerprint density at radius 2 is 2.04 bits per heavy atom. The molecule has 1 saturated carbocycles. The van der Waals surface area contributed by atoms with Gasteiger partial charge in [-0.1, -0.05) is 24.4 Å². The highest BCUT2D eigenvalue weighted by molar-refractivity contribution is 6.31. The van der Waals surface area contributed by atoms with E-state index in [1.54, 1.807) is 18.2 Å². The van der Waals surface area contributed by atoms with Crippen molar-refractivity contribution in [2.24, 2.45) is 0 Å². The van der Waals surface area contributed by atoms with Crippen molar-refractivity contribution in [2.75, 3.05) is 26.0 Å². The smallest absolute Gasteiger partial charge is 0.279 e. The fourth-order valence-corrected chi connectivity index (χ4v) is 3.17. The van der Waals surface area contributed by atoms with Gasteiger partial charge in [-0.05, 0) is 38.0 Å². The van der Waals surface area contributed by atoms with Crippen LogP contribution in [0.4, 0.5) is 5.69 Å². The van der Waals surface area contributed by atoms with Crippen molar-refractivity contribution in [1.82, 2.24) is 5.32 Å². The third kappa shape index (κ3) is 5.61. The van der Waals surface area contributed by atoms with Crippen molar-refractivity contribution in [3.63, 3.8) is 0 Å². The number of hydrogen-bond acceptors (Lipinski definition) is 3. The van der Waals surface area contributed by atoms with Gasteiger partial charge in [0.15, 0.2) is 12.6 Å². The highest BCUT2D eigenvalue weighted by Gasteiger charge is 2.27. The first kappa shape index (κ1) is 19.5. The van der Waals surface area contributed by atoms with E-state index in [1.165, 1.54) is 20.0 Å². The fourth-order valence-electron chi connectivity index (χ4n) is 3.00. The molecule has 0 aromatic heterocycles. The second kappa shape index (κ2) is 9.06. The monoisotopic (exact) mass is 368 g/mol. The van der Waals surface area contributed by atoms with Gasteiger partial charge in [0, 0.05) is 11.1 Å². The number of hydrogen-bond donors (Lipinski definition) is 3. The average molecular weight is 369 g/mol. The number of halogens is 1. The molecule has 1 fully saturated rings. The van der Waals surface area contributed by atoms with E-state index in [0.29, 0.717) is 16.5 Å². The van der Waals surface area contributed by atoms with Crippen LogP contribution in [-0.2, 0) is 9.59 Å². The SMILES string of the molecule is COc1ccc(Cl)cc1NC(=O)C[NH+](C)[C@H](C)C(=O)NC1CCCC1. The number of benzene rings is 1. The molecule has 6 nitrogen and oxygen atoms in total. The largest absolute Gasteiger partial charge is 0.495 e. The highest BCUT2D eigenvalue weighted by Crippen LogP contribution is 2.27.